The molecule has 0 saturated heterocycles. The quantitative estimate of drug-likeness (QED) is 0.727. The van der Waals surface area contributed by atoms with Crippen LogP contribution in [-0.4, -0.2) is 25.2 Å². The van der Waals surface area contributed by atoms with Crippen molar-refractivity contribution in [3.05, 3.63) is 24.3 Å². The number of carbonyl (C=O) groups excluding carboxylic acids is 1. The maximum atomic E-state index is 11.4. The topological polar surface area (TPSA) is 76.4 Å². The van der Waals surface area contributed by atoms with Crippen molar-refractivity contribution in [1.29, 1.82) is 0 Å². The van der Waals surface area contributed by atoms with Crippen molar-refractivity contribution in [2.24, 2.45) is 5.73 Å². The lowest BCUT2D eigenvalue weighted by Gasteiger charge is -2.10. The smallest absolute Gasteiger partial charge is 0.319 e. The highest BCUT2D eigenvalue weighted by Gasteiger charge is 2.03. The van der Waals surface area contributed by atoms with Crippen molar-refractivity contribution in [3.63, 3.8) is 0 Å². The van der Waals surface area contributed by atoms with Gasteiger partial charge in [-0.2, -0.15) is 0 Å². The van der Waals surface area contributed by atoms with E-state index in [1.165, 1.54) is 0 Å². The number of benzene rings is 1. The van der Waals surface area contributed by atoms with Crippen molar-refractivity contribution < 1.29 is 9.53 Å². The second kappa shape index (κ2) is 6.75. The van der Waals surface area contributed by atoms with Crippen LogP contribution in [0.5, 0.6) is 5.75 Å². The van der Waals surface area contributed by atoms with Crippen LogP contribution >= 0.6 is 0 Å². The summed E-state index contributed by atoms with van der Waals surface area (Å²) in [5.74, 6) is 0.741. The number of nitrogens with two attached hydrogens (primary N) is 1. The van der Waals surface area contributed by atoms with E-state index >= 15 is 0 Å². The molecule has 0 atom stereocenters. The van der Waals surface area contributed by atoms with Gasteiger partial charge in [-0.1, -0.05) is 0 Å². The van der Waals surface area contributed by atoms with Crippen LogP contribution in [0.3, 0.4) is 0 Å². The van der Waals surface area contributed by atoms with Crippen LogP contribution in [0.4, 0.5) is 10.5 Å². The number of urea groups is 1. The summed E-state index contributed by atoms with van der Waals surface area (Å²) in [6.45, 7) is 4.78. The minimum Gasteiger partial charge on any atom is -0.492 e. The fourth-order valence-electron chi connectivity index (χ4n) is 1.24. The van der Waals surface area contributed by atoms with Crippen molar-refractivity contribution >= 4 is 11.7 Å². The van der Waals surface area contributed by atoms with Gasteiger partial charge in [-0.05, 0) is 38.1 Å². The number of ether oxygens (including phenoxy) is 1. The van der Waals surface area contributed by atoms with E-state index in [1.807, 2.05) is 13.8 Å². The molecule has 0 unspecified atom stereocenters. The minimum absolute atomic E-state index is 0.113. The van der Waals surface area contributed by atoms with Crippen molar-refractivity contribution in [2.75, 3.05) is 18.5 Å². The lowest BCUT2D eigenvalue weighted by atomic mass is 10.3. The zero-order valence-electron chi connectivity index (χ0n) is 10.2. The summed E-state index contributed by atoms with van der Waals surface area (Å²) in [4.78, 5) is 11.4. The van der Waals surface area contributed by atoms with Gasteiger partial charge in [0.05, 0.1) is 0 Å². The van der Waals surface area contributed by atoms with Crippen LogP contribution < -0.4 is 21.1 Å². The van der Waals surface area contributed by atoms with Crippen molar-refractivity contribution in [3.8, 4) is 5.75 Å². The fraction of sp³-hybridized carbons (Fsp3) is 0.417. The molecule has 17 heavy (non-hydrogen) atoms. The first-order chi connectivity index (χ1) is 8.11. The first-order valence-electron chi connectivity index (χ1n) is 5.62. The molecule has 5 heteroatoms. The molecule has 1 rings (SSSR count). The summed E-state index contributed by atoms with van der Waals surface area (Å²) in [6.07, 6.45) is 0. The van der Waals surface area contributed by atoms with Crippen molar-refractivity contribution in [2.45, 2.75) is 19.9 Å². The molecule has 0 heterocycles. The van der Waals surface area contributed by atoms with Crippen LogP contribution in [0, 0.1) is 0 Å². The zero-order chi connectivity index (χ0) is 12.7. The number of rotatable bonds is 5. The molecule has 0 spiro atoms. The maximum absolute atomic E-state index is 11.4. The van der Waals surface area contributed by atoms with Gasteiger partial charge in [0.1, 0.15) is 12.4 Å². The summed E-state index contributed by atoms with van der Waals surface area (Å²) in [7, 11) is 0. The minimum atomic E-state index is -0.212. The fourth-order valence-corrected chi connectivity index (χ4v) is 1.24. The van der Waals surface area contributed by atoms with Gasteiger partial charge in [0.2, 0.25) is 0 Å². The van der Waals surface area contributed by atoms with Gasteiger partial charge in [0.25, 0.3) is 0 Å². The highest BCUT2D eigenvalue weighted by Crippen LogP contribution is 2.15. The summed E-state index contributed by atoms with van der Waals surface area (Å²) >= 11 is 0. The zero-order valence-corrected chi connectivity index (χ0v) is 10.2. The third-order valence-electron chi connectivity index (χ3n) is 1.92. The Morgan fingerprint density at radius 1 is 1.35 bits per heavy atom. The molecule has 4 N–H and O–H groups in total. The second-order valence-electron chi connectivity index (χ2n) is 3.91. The highest BCUT2D eigenvalue weighted by atomic mass is 16.5. The number of carbonyl (C=O) groups is 1. The van der Waals surface area contributed by atoms with Gasteiger partial charge in [-0.3, -0.25) is 0 Å². The summed E-state index contributed by atoms with van der Waals surface area (Å²) in [6, 6.07) is 7.05. The normalized spacial score (nSPS) is 10.1. The molecule has 1 aromatic rings. The van der Waals surface area contributed by atoms with Gasteiger partial charge in [0.15, 0.2) is 0 Å². The van der Waals surface area contributed by atoms with Gasteiger partial charge < -0.3 is 21.1 Å². The number of nitrogens with one attached hydrogen (secondary N) is 2. The van der Waals surface area contributed by atoms with Crippen LogP contribution in [0.25, 0.3) is 0 Å². The Hall–Kier alpha value is -1.75. The molecular weight excluding hydrogens is 218 g/mol. The molecule has 1 aromatic carbocycles. The number of hydrogen-bond donors (Lipinski definition) is 3. The van der Waals surface area contributed by atoms with Gasteiger partial charge in [-0.15, -0.1) is 0 Å². The van der Waals surface area contributed by atoms with E-state index < -0.39 is 0 Å². The SMILES string of the molecule is CC(C)NC(=O)Nc1ccc(OCCN)cc1. The average molecular weight is 237 g/mol. The van der Waals surface area contributed by atoms with E-state index in [0.29, 0.717) is 13.2 Å². The van der Waals surface area contributed by atoms with Crippen LogP contribution in [0.15, 0.2) is 24.3 Å². The average Bonchev–Trinajstić information content (AvgIpc) is 2.27. The second-order valence-corrected chi connectivity index (χ2v) is 3.91. The van der Waals surface area contributed by atoms with E-state index in [-0.39, 0.29) is 12.1 Å². The predicted octanol–water partition coefficient (Wildman–Crippen LogP) is 1.55. The Morgan fingerprint density at radius 2 is 2.00 bits per heavy atom. The standard InChI is InChI=1S/C12H19N3O2/c1-9(2)14-12(16)15-10-3-5-11(6-4-10)17-8-7-13/h3-6,9H,7-8,13H2,1-2H3,(H2,14,15,16). The summed E-state index contributed by atoms with van der Waals surface area (Å²) in [5, 5.41) is 5.47. The first-order valence-corrected chi connectivity index (χ1v) is 5.62. The number of hydrogen-bond acceptors (Lipinski definition) is 3. The van der Waals surface area contributed by atoms with Crippen LogP contribution in [0.2, 0.25) is 0 Å². The van der Waals surface area contributed by atoms with E-state index in [2.05, 4.69) is 10.6 Å². The Balaban J connectivity index is 2.47. The summed E-state index contributed by atoms with van der Waals surface area (Å²) in [5.41, 5.74) is 6.05. The molecule has 0 saturated carbocycles. The molecule has 0 radical (unpaired) electrons. The molecule has 2 amide bonds. The number of amides is 2. The molecule has 5 nitrogen and oxygen atoms in total. The summed E-state index contributed by atoms with van der Waals surface area (Å²) < 4.78 is 5.33. The third kappa shape index (κ3) is 5.21. The molecule has 0 bridgehead atoms. The van der Waals surface area contributed by atoms with E-state index in [0.717, 1.165) is 11.4 Å². The maximum Gasteiger partial charge on any atom is 0.319 e. The monoisotopic (exact) mass is 237 g/mol. The van der Waals surface area contributed by atoms with E-state index in [1.54, 1.807) is 24.3 Å². The van der Waals surface area contributed by atoms with E-state index in [4.69, 9.17) is 10.5 Å². The first kappa shape index (κ1) is 13.3. The third-order valence-corrected chi connectivity index (χ3v) is 1.92. The number of anilines is 1. The molecule has 94 valence electrons. The predicted molar refractivity (Wildman–Crippen MR) is 68.3 cm³/mol. The molecular formula is C12H19N3O2. The Kier molecular flexibility index (Phi) is 5.29. The highest BCUT2D eigenvalue weighted by molar-refractivity contribution is 5.89. The van der Waals surface area contributed by atoms with Crippen LogP contribution in [-0.2, 0) is 0 Å². The Labute approximate surface area is 101 Å². The van der Waals surface area contributed by atoms with Gasteiger partial charge in [-0.25, -0.2) is 4.79 Å². The molecule has 0 aromatic heterocycles. The largest absolute Gasteiger partial charge is 0.492 e. The molecule has 0 aliphatic heterocycles. The molecule has 0 aliphatic carbocycles. The van der Waals surface area contributed by atoms with Gasteiger partial charge >= 0.3 is 6.03 Å². The van der Waals surface area contributed by atoms with Crippen molar-refractivity contribution in [1.82, 2.24) is 5.32 Å². The van der Waals surface area contributed by atoms with Gasteiger partial charge in [0, 0.05) is 18.3 Å². The Bertz CT molecular complexity index is 349. The van der Waals surface area contributed by atoms with Crippen LogP contribution in [0.1, 0.15) is 13.8 Å². The van der Waals surface area contributed by atoms with E-state index in [9.17, 15) is 4.79 Å². The molecule has 0 fully saturated rings. The lowest BCUT2D eigenvalue weighted by molar-refractivity contribution is 0.250. The Morgan fingerprint density at radius 3 is 2.53 bits per heavy atom. The lowest BCUT2D eigenvalue weighted by Crippen LogP contribution is -2.34. The molecule has 0 aliphatic rings.